The molecule has 3 N–H and O–H groups in total. The molecule has 2 amide bonds. The van der Waals surface area contributed by atoms with Crippen molar-refractivity contribution >= 4 is 22.7 Å². The molecule has 150 valence electrons. The summed E-state index contributed by atoms with van der Waals surface area (Å²) in [5, 5.41) is 6.86. The highest BCUT2D eigenvalue weighted by molar-refractivity contribution is 5.96. The minimum Gasteiger partial charge on any atom is -0.361 e. The second-order valence-corrected chi connectivity index (χ2v) is 6.94. The molecule has 30 heavy (non-hydrogen) atoms. The maximum Gasteiger partial charge on any atom is 0.270 e. The minimum atomic E-state index is -0.313. The zero-order valence-electron chi connectivity index (χ0n) is 16.4. The van der Waals surface area contributed by atoms with Crippen LogP contribution in [-0.2, 0) is 13.0 Å². The van der Waals surface area contributed by atoms with Gasteiger partial charge in [-0.25, -0.2) is 4.98 Å². The normalized spacial score (nSPS) is 10.7. The van der Waals surface area contributed by atoms with Gasteiger partial charge in [0, 0.05) is 30.2 Å². The zero-order valence-corrected chi connectivity index (χ0v) is 16.4. The third-order valence-corrected chi connectivity index (χ3v) is 4.87. The van der Waals surface area contributed by atoms with Crippen molar-refractivity contribution in [3.8, 4) is 0 Å². The molecule has 4 rings (SSSR count). The summed E-state index contributed by atoms with van der Waals surface area (Å²) < 4.78 is 0. The van der Waals surface area contributed by atoms with Crippen molar-refractivity contribution in [2.45, 2.75) is 13.0 Å². The number of para-hydroxylation sites is 1. The first kappa shape index (κ1) is 19.4. The molecule has 2 aromatic carbocycles. The van der Waals surface area contributed by atoms with Crippen LogP contribution in [0.25, 0.3) is 10.9 Å². The van der Waals surface area contributed by atoms with Crippen LogP contribution >= 0.6 is 0 Å². The molecule has 2 aromatic heterocycles. The number of hydrogen-bond donors (Lipinski definition) is 3. The van der Waals surface area contributed by atoms with E-state index in [1.807, 2.05) is 54.7 Å². The van der Waals surface area contributed by atoms with E-state index in [1.54, 1.807) is 18.2 Å². The van der Waals surface area contributed by atoms with E-state index in [0.717, 1.165) is 22.0 Å². The van der Waals surface area contributed by atoms with Gasteiger partial charge in [-0.2, -0.15) is 0 Å². The monoisotopic (exact) mass is 398 g/mol. The molecule has 0 atom stereocenters. The van der Waals surface area contributed by atoms with Crippen LogP contribution in [0.1, 0.15) is 32.1 Å². The highest BCUT2D eigenvalue weighted by Gasteiger charge is 2.12. The lowest BCUT2D eigenvalue weighted by Gasteiger charge is -2.07. The summed E-state index contributed by atoms with van der Waals surface area (Å²) in [5.41, 5.74) is 3.66. The van der Waals surface area contributed by atoms with Gasteiger partial charge < -0.3 is 15.6 Å². The molecule has 0 spiro atoms. The molecule has 0 radical (unpaired) electrons. The lowest BCUT2D eigenvalue weighted by atomic mass is 10.1. The van der Waals surface area contributed by atoms with Gasteiger partial charge in [0.2, 0.25) is 0 Å². The average molecular weight is 398 g/mol. The van der Waals surface area contributed by atoms with E-state index in [-0.39, 0.29) is 23.2 Å². The Morgan fingerprint density at radius 1 is 0.800 bits per heavy atom. The number of carbonyl (C=O) groups excluding carboxylic acids is 2. The van der Waals surface area contributed by atoms with E-state index >= 15 is 0 Å². The Labute approximate surface area is 174 Å². The summed E-state index contributed by atoms with van der Waals surface area (Å²) in [7, 11) is 0. The summed E-state index contributed by atoms with van der Waals surface area (Å²) >= 11 is 0. The molecular weight excluding hydrogens is 376 g/mol. The van der Waals surface area contributed by atoms with Gasteiger partial charge in [-0.1, -0.05) is 54.6 Å². The van der Waals surface area contributed by atoms with Gasteiger partial charge in [0.05, 0.1) is 0 Å². The van der Waals surface area contributed by atoms with Crippen LogP contribution < -0.4 is 10.6 Å². The molecule has 6 nitrogen and oxygen atoms in total. The molecule has 6 heteroatoms. The number of fused-ring (bicyclic) bond motifs is 1. The van der Waals surface area contributed by atoms with Crippen LogP contribution in [-0.4, -0.2) is 28.3 Å². The number of benzene rings is 2. The van der Waals surface area contributed by atoms with Crippen molar-refractivity contribution < 1.29 is 9.59 Å². The Morgan fingerprint density at radius 2 is 1.50 bits per heavy atom. The highest BCUT2D eigenvalue weighted by atomic mass is 16.2. The van der Waals surface area contributed by atoms with Crippen molar-refractivity contribution in [3.63, 3.8) is 0 Å². The predicted octanol–water partition coefficient (Wildman–Crippen LogP) is 3.47. The standard InChI is InChI=1S/C24H22N4O2/c29-23(25-14-13-18-16-26-20-10-5-4-9-19(18)20)21-11-6-12-22(28-21)24(30)27-15-17-7-2-1-3-8-17/h1-12,16,26H,13-15H2,(H,25,29)(H,27,30). The first-order chi connectivity index (χ1) is 14.7. The second-order valence-electron chi connectivity index (χ2n) is 6.94. The van der Waals surface area contributed by atoms with Gasteiger partial charge in [0.1, 0.15) is 11.4 Å². The number of aromatic nitrogens is 2. The molecule has 4 aromatic rings. The van der Waals surface area contributed by atoms with Crippen molar-refractivity contribution in [1.29, 1.82) is 0 Å². The third-order valence-electron chi connectivity index (χ3n) is 4.87. The average Bonchev–Trinajstić information content (AvgIpc) is 3.21. The molecule has 0 bridgehead atoms. The SMILES string of the molecule is O=C(NCCc1c[nH]c2ccccc12)c1cccc(C(=O)NCc2ccccc2)n1. The van der Waals surface area contributed by atoms with Crippen LogP contribution in [0.3, 0.4) is 0 Å². The number of rotatable bonds is 7. The second kappa shape index (κ2) is 9.05. The number of pyridine rings is 1. The van der Waals surface area contributed by atoms with E-state index in [9.17, 15) is 9.59 Å². The van der Waals surface area contributed by atoms with Crippen molar-refractivity contribution in [2.75, 3.05) is 6.54 Å². The number of amides is 2. The van der Waals surface area contributed by atoms with Crippen LogP contribution in [0.4, 0.5) is 0 Å². The Morgan fingerprint density at radius 3 is 2.30 bits per heavy atom. The third kappa shape index (κ3) is 4.55. The molecule has 0 aliphatic carbocycles. The first-order valence-corrected chi connectivity index (χ1v) is 9.83. The molecule has 0 aliphatic rings. The number of carbonyl (C=O) groups is 2. The summed E-state index contributed by atoms with van der Waals surface area (Å²) in [6.45, 7) is 0.884. The fourth-order valence-corrected chi connectivity index (χ4v) is 3.30. The Kier molecular flexibility index (Phi) is 5.85. The molecule has 2 heterocycles. The van der Waals surface area contributed by atoms with Gasteiger partial charge in [0.25, 0.3) is 11.8 Å². The van der Waals surface area contributed by atoms with Crippen LogP contribution in [0.2, 0.25) is 0 Å². The van der Waals surface area contributed by atoms with E-state index in [2.05, 4.69) is 26.7 Å². The number of H-pyrrole nitrogens is 1. The van der Waals surface area contributed by atoms with Crippen LogP contribution in [0.15, 0.2) is 79.0 Å². The van der Waals surface area contributed by atoms with E-state index in [0.29, 0.717) is 19.5 Å². The van der Waals surface area contributed by atoms with Crippen molar-refractivity contribution in [3.05, 3.63) is 102 Å². The minimum absolute atomic E-state index is 0.218. The van der Waals surface area contributed by atoms with Crippen LogP contribution in [0, 0.1) is 0 Å². The number of nitrogens with one attached hydrogen (secondary N) is 3. The van der Waals surface area contributed by atoms with Gasteiger partial charge in [-0.3, -0.25) is 9.59 Å². The summed E-state index contributed by atoms with van der Waals surface area (Å²) in [6, 6.07) is 22.6. The number of hydrogen-bond acceptors (Lipinski definition) is 3. The molecule has 0 aliphatic heterocycles. The van der Waals surface area contributed by atoms with Gasteiger partial charge >= 0.3 is 0 Å². The van der Waals surface area contributed by atoms with Crippen LogP contribution in [0.5, 0.6) is 0 Å². The van der Waals surface area contributed by atoms with E-state index < -0.39 is 0 Å². The Balaban J connectivity index is 1.33. The first-order valence-electron chi connectivity index (χ1n) is 9.83. The van der Waals surface area contributed by atoms with Crippen molar-refractivity contribution in [1.82, 2.24) is 20.6 Å². The summed E-state index contributed by atoms with van der Waals surface area (Å²) in [5.74, 6) is -0.611. The van der Waals surface area contributed by atoms with E-state index in [4.69, 9.17) is 0 Å². The fourth-order valence-electron chi connectivity index (χ4n) is 3.30. The summed E-state index contributed by atoms with van der Waals surface area (Å²) in [4.78, 5) is 32.3. The Bertz CT molecular complexity index is 1170. The van der Waals surface area contributed by atoms with Gasteiger partial charge in [-0.15, -0.1) is 0 Å². The fraction of sp³-hybridized carbons (Fsp3) is 0.125. The quantitative estimate of drug-likeness (QED) is 0.446. The van der Waals surface area contributed by atoms with Crippen molar-refractivity contribution in [2.24, 2.45) is 0 Å². The molecule has 0 fully saturated rings. The lowest BCUT2D eigenvalue weighted by molar-refractivity contribution is 0.0943. The zero-order chi connectivity index (χ0) is 20.8. The largest absolute Gasteiger partial charge is 0.361 e. The van der Waals surface area contributed by atoms with E-state index in [1.165, 1.54) is 0 Å². The molecule has 0 saturated heterocycles. The summed E-state index contributed by atoms with van der Waals surface area (Å²) in [6.07, 6.45) is 2.67. The van der Waals surface area contributed by atoms with Gasteiger partial charge in [0.15, 0.2) is 0 Å². The maximum absolute atomic E-state index is 12.5. The topological polar surface area (TPSA) is 86.9 Å². The number of aromatic amines is 1. The smallest absolute Gasteiger partial charge is 0.270 e. The molecule has 0 saturated carbocycles. The molecular formula is C24H22N4O2. The molecule has 0 unspecified atom stereocenters. The number of nitrogens with zero attached hydrogens (tertiary/aromatic N) is 1. The predicted molar refractivity (Wildman–Crippen MR) is 116 cm³/mol. The maximum atomic E-state index is 12.5. The Hall–Kier alpha value is -3.93. The lowest BCUT2D eigenvalue weighted by Crippen LogP contribution is -2.28. The highest BCUT2D eigenvalue weighted by Crippen LogP contribution is 2.17. The van der Waals surface area contributed by atoms with Gasteiger partial charge in [-0.05, 0) is 35.7 Å².